The Morgan fingerprint density at radius 3 is 2.34 bits per heavy atom. The second-order valence-corrected chi connectivity index (χ2v) is 15.0. The number of carboxylic acid groups (broad SMARTS) is 1. The minimum atomic E-state index is -1.21. The van der Waals surface area contributed by atoms with E-state index in [4.69, 9.17) is 0 Å². The van der Waals surface area contributed by atoms with Crippen molar-refractivity contribution in [2.75, 3.05) is 5.32 Å². The van der Waals surface area contributed by atoms with E-state index in [1.807, 2.05) is 0 Å². The monoisotopic (exact) mass is 614 g/mol. The number of aliphatic hydroxyl groups is 2. The van der Waals surface area contributed by atoms with Gasteiger partial charge in [0.2, 0.25) is 11.8 Å². The molecule has 0 spiro atoms. The van der Waals surface area contributed by atoms with Gasteiger partial charge in [0.05, 0.1) is 17.9 Å². The van der Waals surface area contributed by atoms with Crippen LogP contribution in [0.4, 0.5) is 10.1 Å². The maximum atomic E-state index is 13.8. The molecule has 11 atom stereocenters. The van der Waals surface area contributed by atoms with E-state index in [9.17, 15) is 34.1 Å². The minimum absolute atomic E-state index is 0.0314. The summed E-state index contributed by atoms with van der Waals surface area (Å²) in [6.07, 6.45) is 7.92. The molecule has 0 radical (unpaired) electrons. The molecule has 0 unspecified atom stereocenters. The molecule has 244 valence electrons. The summed E-state index contributed by atoms with van der Waals surface area (Å²) in [6.45, 7) is 7.03. The lowest BCUT2D eigenvalue weighted by molar-refractivity contribution is -0.174. The van der Waals surface area contributed by atoms with Crippen LogP contribution in [-0.2, 0) is 14.4 Å². The van der Waals surface area contributed by atoms with Crippen molar-refractivity contribution in [3.63, 3.8) is 0 Å². The van der Waals surface area contributed by atoms with Crippen LogP contribution in [0.5, 0.6) is 0 Å². The first-order chi connectivity index (χ1) is 20.8. The minimum Gasteiger partial charge on any atom is -0.480 e. The standard InChI is InChI=1S/C35H51FN2O6/c1-20(8-12-30(41)38-28(33(43)44)11-13-31(42)37-27-7-5-4-6-26(27)36)23-9-10-24-32-25(15-17-35(23,24)3)34(2)16-14-22(39)18-21(34)19-29(32)40/h4-7,20-25,28-29,32,39-40H,8-19H2,1-3H3,(H,37,42)(H,38,41)(H,43,44)/t20-,21+,22-,23-,24+,25+,28+,29-,32+,34+,35-/m1/s1. The van der Waals surface area contributed by atoms with Crippen LogP contribution < -0.4 is 10.6 Å². The quantitative estimate of drug-likeness (QED) is 0.236. The fourth-order valence-corrected chi connectivity index (χ4v) is 10.3. The molecule has 0 aromatic heterocycles. The molecule has 4 saturated carbocycles. The highest BCUT2D eigenvalue weighted by Gasteiger charge is 2.62. The molecule has 9 heteroatoms. The van der Waals surface area contributed by atoms with Crippen LogP contribution in [0.15, 0.2) is 24.3 Å². The molecule has 1 aromatic rings. The summed E-state index contributed by atoms with van der Waals surface area (Å²) in [5, 5.41) is 36.5. The number of benzene rings is 1. The Labute approximate surface area is 260 Å². The van der Waals surface area contributed by atoms with Crippen molar-refractivity contribution >= 4 is 23.5 Å². The number of para-hydroxylation sites is 1. The van der Waals surface area contributed by atoms with Crippen molar-refractivity contribution in [2.24, 2.45) is 46.3 Å². The van der Waals surface area contributed by atoms with E-state index in [0.717, 1.165) is 51.4 Å². The average molecular weight is 615 g/mol. The number of rotatable bonds is 10. The maximum absolute atomic E-state index is 13.8. The normalized spacial score (nSPS) is 37.5. The van der Waals surface area contributed by atoms with E-state index in [0.29, 0.717) is 30.1 Å². The van der Waals surface area contributed by atoms with Crippen LogP contribution >= 0.6 is 0 Å². The zero-order chi connectivity index (χ0) is 31.8. The molecule has 44 heavy (non-hydrogen) atoms. The Balaban J connectivity index is 1.14. The molecular formula is C35H51FN2O6. The first-order valence-electron chi connectivity index (χ1n) is 16.8. The van der Waals surface area contributed by atoms with Crippen LogP contribution in [-0.4, -0.2) is 51.4 Å². The van der Waals surface area contributed by atoms with Gasteiger partial charge in [0.1, 0.15) is 11.9 Å². The molecule has 0 heterocycles. The maximum Gasteiger partial charge on any atom is 0.326 e. The fraction of sp³-hybridized carbons (Fsp3) is 0.743. The van der Waals surface area contributed by atoms with Gasteiger partial charge < -0.3 is 26.0 Å². The highest BCUT2D eigenvalue weighted by Crippen LogP contribution is 2.68. The predicted molar refractivity (Wildman–Crippen MR) is 165 cm³/mol. The molecule has 4 aliphatic carbocycles. The van der Waals surface area contributed by atoms with Crippen molar-refractivity contribution in [3.8, 4) is 0 Å². The van der Waals surface area contributed by atoms with Crippen LogP contribution in [0.3, 0.4) is 0 Å². The number of carboxylic acids is 1. The second kappa shape index (κ2) is 13.1. The average Bonchev–Trinajstić information content (AvgIpc) is 3.33. The SMILES string of the molecule is C[C@H](CCC(=O)N[C@@H](CCC(=O)Nc1ccccc1F)C(=O)O)[C@H]1CC[C@H]2[C@@H]3[C@H](O)C[C@@H]4C[C@H](O)CC[C@]4(C)[C@H]3CC[C@]12C. The van der Waals surface area contributed by atoms with Crippen molar-refractivity contribution in [3.05, 3.63) is 30.1 Å². The highest BCUT2D eigenvalue weighted by atomic mass is 19.1. The van der Waals surface area contributed by atoms with Crippen LogP contribution in [0, 0.1) is 52.2 Å². The molecular weight excluding hydrogens is 563 g/mol. The van der Waals surface area contributed by atoms with Gasteiger partial charge in [-0.25, -0.2) is 9.18 Å². The van der Waals surface area contributed by atoms with Crippen LogP contribution in [0.25, 0.3) is 0 Å². The van der Waals surface area contributed by atoms with Crippen molar-refractivity contribution in [1.29, 1.82) is 0 Å². The van der Waals surface area contributed by atoms with Gasteiger partial charge in [-0.2, -0.15) is 0 Å². The predicted octanol–water partition coefficient (Wildman–Crippen LogP) is 5.52. The summed E-state index contributed by atoms with van der Waals surface area (Å²) in [5.74, 6) is -0.313. The summed E-state index contributed by atoms with van der Waals surface area (Å²) in [4.78, 5) is 37.0. The third kappa shape index (κ3) is 6.41. The van der Waals surface area contributed by atoms with E-state index >= 15 is 0 Å². The topological polar surface area (TPSA) is 136 Å². The highest BCUT2D eigenvalue weighted by molar-refractivity contribution is 5.91. The van der Waals surface area contributed by atoms with Gasteiger partial charge in [-0.15, -0.1) is 0 Å². The van der Waals surface area contributed by atoms with Gasteiger partial charge >= 0.3 is 5.97 Å². The number of halogens is 1. The van der Waals surface area contributed by atoms with Crippen LogP contribution in [0.2, 0.25) is 0 Å². The molecule has 4 fully saturated rings. The van der Waals surface area contributed by atoms with Gasteiger partial charge in [0.25, 0.3) is 0 Å². The molecule has 0 bridgehead atoms. The number of carbonyl (C=O) groups excluding carboxylic acids is 2. The summed E-state index contributed by atoms with van der Waals surface area (Å²) in [6, 6.07) is 4.56. The largest absolute Gasteiger partial charge is 0.480 e. The number of carbonyl (C=O) groups is 3. The van der Waals surface area contributed by atoms with Crippen LogP contribution in [0.1, 0.15) is 97.8 Å². The summed E-state index contributed by atoms with van der Waals surface area (Å²) in [7, 11) is 0. The number of anilines is 1. The van der Waals surface area contributed by atoms with Crippen molar-refractivity contribution < 1.29 is 34.1 Å². The van der Waals surface area contributed by atoms with E-state index in [1.165, 1.54) is 18.2 Å². The Bertz CT molecular complexity index is 1230. The number of amides is 2. The second-order valence-electron chi connectivity index (χ2n) is 15.0. The number of hydrogen-bond acceptors (Lipinski definition) is 5. The molecule has 0 aliphatic heterocycles. The molecule has 4 aliphatic rings. The fourth-order valence-electron chi connectivity index (χ4n) is 10.3. The Kier molecular flexibility index (Phi) is 9.76. The molecule has 8 nitrogen and oxygen atoms in total. The summed E-state index contributed by atoms with van der Waals surface area (Å²) < 4.78 is 13.8. The number of nitrogens with one attached hydrogen (secondary N) is 2. The lowest BCUT2D eigenvalue weighted by Gasteiger charge is -2.62. The van der Waals surface area contributed by atoms with Gasteiger partial charge in [-0.1, -0.05) is 32.9 Å². The molecule has 5 rings (SSSR count). The zero-order valence-corrected chi connectivity index (χ0v) is 26.4. The van der Waals surface area contributed by atoms with E-state index in [2.05, 4.69) is 31.4 Å². The summed E-state index contributed by atoms with van der Waals surface area (Å²) >= 11 is 0. The molecule has 2 amide bonds. The van der Waals surface area contributed by atoms with Crippen molar-refractivity contribution in [2.45, 2.75) is 116 Å². The first-order valence-corrected chi connectivity index (χ1v) is 16.8. The van der Waals surface area contributed by atoms with E-state index in [1.54, 1.807) is 6.07 Å². The van der Waals surface area contributed by atoms with Crippen molar-refractivity contribution in [1.82, 2.24) is 5.32 Å². The number of fused-ring (bicyclic) bond motifs is 5. The third-order valence-electron chi connectivity index (χ3n) is 12.7. The van der Waals surface area contributed by atoms with Gasteiger partial charge in [0, 0.05) is 12.8 Å². The van der Waals surface area contributed by atoms with Gasteiger partial charge in [-0.05, 0) is 123 Å². The lowest BCUT2D eigenvalue weighted by Crippen LogP contribution is -2.58. The third-order valence-corrected chi connectivity index (χ3v) is 12.7. The molecule has 1 aromatic carbocycles. The number of aliphatic hydroxyl groups excluding tert-OH is 2. The lowest BCUT2D eigenvalue weighted by atomic mass is 9.43. The molecule has 5 N–H and O–H groups in total. The van der Waals surface area contributed by atoms with E-state index in [-0.39, 0.29) is 65.7 Å². The smallest absolute Gasteiger partial charge is 0.326 e. The molecule has 0 saturated heterocycles. The van der Waals surface area contributed by atoms with Gasteiger partial charge in [-0.3, -0.25) is 9.59 Å². The zero-order valence-electron chi connectivity index (χ0n) is 26.4. The Morgan fingerprint density at radius 2 is 1.61 bits per heavy atom. The van der Waals surface area contributed by atoms with Gasteiger partial charge in [0.15, 0.2) is 0 Å². The summed E-state index contributed by atoms with van der Waals surface area (Å²) in [5.41, 5.74) is 0.319. The first kappa shape index (κ1) is 32.9. The number of aliphatic carboxylic acids is 1. The van der Waals surface area contributed by atoms with E-state index < -0.39 is 23.7 Å². The number of hydrogen-bond donors (Lipinski definition) is 5. The Hall–Kier alpha value is -2.52. The Morgan fingerprint density at radius 1 is 0.932 bits per heavy atom.